The summed E-state index contributed by atoms with van der Waals surface area (Å²) in [6.07, 6.45) is 3.97. The van der Waals surface area contributed by atoms with Crippen LogP contribution in [0.2, 0.25) is 0 Å². The van der Waals surface area contributed by atoms with Gasteiger partial charge in [0, 0.05) is 31.7 Å². The molecule has 1 atom stereocenters. The summed E-state index contributed by atoms with van der Waals surface area (Å²) in [4.78, 5) is 21.4. The van der Waals surface area contributed by atoms with Crippen molar-refractivity contribution in [3.63, 3.8) is 0 Å². The van der Waals surface area contributed by atoms with Crippen LogP contribution in [0, 0.1) is 23.2 Å². The molecule has 3 heterocycles. The molecule has 6 nitrogen and oxygen atoms in total. The smallest absolute Gasteiger partial charge is 0.235 e. The van der Waals surface area contributed by atoms with Crippen molar-refractivity contribution in [3.05, 3.63) is 36.0 Å². The number of benzene rings is 1. The Morgan fingerprint density at radius 1 is 1.18 bits per heavy atom. The molecule has 0 aliphatic carbocycles. The number of likely N-dealkylation sites (tertiary alicyclic amines) is 1. The van der Waals surface area contributed by atoms with Gasteiger partial charge in [-0.25, -0.2) is 0 Å². The lowest BCUT2D eigenvalue weighted by Gasteiger charge is -2.37. The Bertz CT molecular complexity index is 862. The lowest BCUT2D eigenvalue weighted by molar-refractivity contribution is -0.137. The van der Waals surface area contributed by atoms with E-state index in [1.165, 1.54) is 0 Å². The average Bonchev–Trinajstić information content (AvgIpc) is 3.19. The van der Waals surface area contributed by atoms with E-state index in [0.29, 0.717) is 29.9 Å². The van der Waals surface area contributed by atoms with Crippen LogP contribution in [-0.2, 0) is 4.79 Å². The molecule has 2 saturated heterocycles. The van der Waals surface area contributed by atoms with Crippen molar-refractivity contribution in [1.82, 2.24) is 9.88 Å². The van der Waals surface area contributed by atoms with Gasteiger partial charge in [-0.05, 0) is 43.7 Å². The molecule has 2 aliphatic rings. The fraction of sp³-hybridized carbons (Fsp3) is 0.500. The number of carbonyl (C=O) groups is 1. The molecule has 2 aliphatic heterocycles. The minimum atomic E-state index is -0.0426. The molecule has 0 spiro atoms. The van der Waals surface area contributed by atoms with Crippen LogP contribution in [0.5, 0.6) is 0 Å². The predicted molar refractivity (Wildman–Crippen MR) is 107 cm³/mol. The molecule has 1 amide bonds. The Balaban J connectivity index is 1.51. The molecule has 6 heteroatoms. The number of rotatable bonds is 3. The van der Waals surface area contributed by atoms with Crippen LogP contribution in [0.3, 0.4) is 0 Å². The minimum absolute atomic E-state index is 0.0426. The normalized spacial score (nSPS) is 20.8. The van der Waals surface area contributed by atoms with E-state index in [1.54, 1.807) is 0 Å². The summed E-state index contributed by atoms with van der Waals surface area (Å²) in [5.41, 5.74) is 1.14. The molecule has 0 radical (unpaired) electrons. The standard InChI is InChI=1S/C22H26N4O2/c1-16-9-12-25(13-10-16)21(27)18-8-5-11-26(15-18)22-19(14-23)24-20(28-22)17-6-3-2-4-7-17/h2-4,6-7,16,18H,5,8-13,15H2,1H3/t18-/m1/s1. The molecular formula is C22H26N4O2. The summed E-state index contributed by atoms with van der Waals surface area (Å²) < 4.78 is 5.99. The Morgan fingerprint density at radius 2 is 1.93 bits per heavy atom. The fourth-order valence-electron chi connectivity index (χ4n) is 4.15. The fourth-order valence-corrected chi connectivity index (χ4v) is 4.15. The number of hydrogen-bond donors (Lipinski definition) is 0. The van der Waals surface area contributed by atoms with Gasteiger partial charge in [0.2, 0.25) is 23.4 Å². The van der Waals surface area contributed by atoms with E-state index in [-0.39, 0.29) is 11.8 Å². The molecule has 28 heavy (non-hydrogen) atoms. The highest BCUT2D eigenvalue weighted by atomic mass is 16.4. The highest BCUT2D eigenvalue weighted by Gasteiger charge is 2.33. The molecule has 0 unspecified atom stereocenters. The topological polar surface area (TPSA) is 73.4 Å². The van der Waals surface area contributed by atoms with Crippen LogP contribution in [0.25, 0.3) is 11.5 Å². The molecule has 146 valence electrons. The van der Waals surface area contributed by atoms with E-state index in [4.69, 9.17) is 4.42 Å². The van der Waals surface area contributed by atoms with Gasteiger partial charge in [0.1, 0.15) is 6.07 Å². The van der Waals surface area contributed by atoms with E-state index < -0.39 is 0 Å². The molecule has 0 saturated carbocycles. The number of amides is 1. The van der Waals surface area contributed by atoms with Crippen molar-refractivity contribution in [2.45, 2.75) is 32.6 Å². The monoisotopic (exact) mass is 378 g/mol. The van der Waals surface area contributed by atoms with Crippen molar-refractivity contribution in [2.24, 2.45) is 11.8 Å². The number of hydrogen-bond acceptors (Lipinski definition) is 5. The number of nitriles is 1. The molecule has 0 bridgehead atoms. The first-order chi connectivity index (χ1) is 13.7. The maximum absolute atomic E-state index is 13.0. The highest BCUT2D eigenvalue weighted by molar-refractivity contribution is 5.80. The van der Waals surface area contributed by atoms with E-state index in [2.05, 4.69) is 18.0 Å². The Morgan fingerprint density at radius 3 is 2.64 bits per heavy atom. The lowest BCUT2D eigenvalue weighted by Crippen LogP contribution is -2.47. The second kappa shape index (κ2) is 8.05. The maximum Gasteiger partial charge on any atom is 0.235 e. The predicted octanol–water partition coefficient (Wildman–Crippen LogP) is 3.69. The van der Waals surface area contributed by atoms with Crippen LogP contribution in [0.1, 0.15) is 38.3 Å². The second-order valence-corrected chi connectivity index (χ2v) is 7.94. The van der Waals surface area contributed by atoms with E-state index >= 15 is 0 Å². The summed E-state index contributed by atoms with van der Waals surface area (Å²) in [6, 6.07) is 11.7. The first-order valence-corrected chi connectivity index (χ1v) is 10.2. The van der Waals surface area contributed by atoms with Gasteiger partial charge in [-0.15, -0.1) is 0 Å². The molecular weight excluding hydrogens is 352 g/mol. The minimum Gasteiger partial charge on any atom is -0.419 e. The third-order valence-corrected chi connectivity index (χ3v) is 5.89. The lowest BCUT2D eigenvalue weighted by atomic mass is 9.93. The summed E-state index contributed by atoms with van der Waals surface area (Å²) >= 11 is 0. The number of oxazole rings is 1. The average molecular weight is 378 g/mol. The van der Waals surface area contributed by atoms with Crippen LogP contribution in [-0.4, -0.2) is 42.0 Å². The van der Waals surface area contributed by atoms with Crippen LogP contribution >= 0.6 is 0 Å². The van der Waals surface area contributed by atoms with Crippen molar-refractivity contribution >= 4 is 11.8 Å². The van der Waals surface area contributed by atoms with Crippen LogP contribution in [0.15, 0.2) is 34.7 Å². The van der Waals surface area contributed by atoms with Crippen molar-refractivity contribution in [1.29, 1.82) is 5.26 Å². The SMILES string of the molecule is CC1CCN(C(=O)[C@@H]2CCCN(c3oc(-c4ccccc4)nc3C#N)C2)CC1. The Kier molecular flexibility index (Phi) is 5.34. The molecule has 1 aromatic heterocycles. The first kappa shape index (κ1) is 18.5. The largest absolute Gasteiger partial charge is 0.419 e. The number of anilines is 1. The van der Waals surface area contributed by atoms with Gasteiger partial charge >= 0.3 is 0 Å². The molecule has 2 aromatic rings. The molecule has 1 aromatic carbocycles. The van der Waals surface area contributed by atoms with Crippen LogP contribution < -0.4 is 4.90 Å². The van der Waals surface area contributed by atoms with Crippen LogP contribution in [0.4, 0.5) is 5.88 Å². The summed E-state index contributed by atoms with van der Waals surface area (Å²) in [6.45, 7) is 5.34. The van der Waals surface area contributed by atoms with Crippen molar-refractivity contribution < 1.29 is 9.21 Å². The zero-order chi connectivity index (χ0) is 19.5. The zero-order valence-electron chi connectivity index (χ0n) is 16.3. The van der Waals surface area contributed by atoms with Gasteiger partial charge in [0.25, 0.3) is 0 Å². The summed E-state index contributed by atoms with van der Waals surface area (Å²) in [5.74, 6) is 1.85. The number of nitrogens with zero attached hydrogens (tertiary/aromatic N) is 4. The van der Waals surface area contributed by atoms with Gasteiger partial charge < -0.3 is 14.2 Å². The van der Waals surface area contributed by atoms with E-state index in [1.807, 2.05) is 40.1 Å². The summed E-state index contributed by atoms with van der Waals surface area (Å²) in [5, 5.41) is 9.54. The molecule has 0 N–H and O–H groups in total. The second-order valence-electron chi connectivity index (χ2n) is 7.94. The Hall–Kier alpha value is -2.81. The van der Waals surface area contributed by atoms with E-state index in [9.17, 15) is 10.1 Å². The number of carbonyl (C=O) groups excluding carboxylic acids is 1. The first-order valence-electron chi connectivity index (χ1n) is 10.2. The van der Waals surface area contributed by atoms with Crippen molar-refractivity contribution in [3.8, 4) is 17.5 Å². The zero-order valence-corrected chi connectivity index (χ0v) is 16.3. The van der Waals surface area contributed by atoms with Gasteiger partial charge in [-0.1, -0.05) is 25.1 Å². The van der Waals surface area contributed by atoms with Gasteiger partial charge in [0.15, 0.2) is 0 Å². The molecule has 2 fully saturated rings. The summed E-state index contributed by atoms with van der Waals surface area (Å²) in [7, 11) is 0. The number of piperidine rings is 2. The third kappa shape index (κ3) is 3.75. The Labute approximate surface area is 165 Å². The van der Waals surface area contributed by atoms with E-state index in [0.717, 1.165) is 50.9 Å². The van der Waals surface area contributed by atoms with Crippen molar-refractivity contribution in [2.75, 3.05) is 31.1 Å². The third-order valence-electron chi connectivity index (χ3n) is 5.89. The van der Waals surface area contributed by atoms with Gasteiger partial charge in [0.05, 0.1) is 5.92 Å². The highest BCUT2D eigenvalue weighted by Crippen LogP contribution is 2.32. The van der Waals surface area contributed by atoms with Gasteiger partial charge in [-0.2, -0.15) is 10.2 Å². The molecule has 4 rings (SSSR count). The maximum atomic E-state index is 13.0. The number of aromatic nitrogens is 1. The van der Waals surface area contributed by atoms with Gasteiger partial charge in [-0.3, -0.25) is 4.79 Å². The quantitative estimate of drug-likeness (QED) is 0.814.